The van der Waals surface area contributed by atoms with E-state index in [0.29, 0.717) is 24.7 Å². The molecular weight excluding hydrogens is 458 g/mol. The number of hydrogen-bond donors (Lipinski definition) is 1. The Bertz CT molecular complexity index is 996. The molecular formula is C23H26BrN5O2. The summed E-state index contributed by atoms with van der Waals surface area (Å²) < 4.78 is 6.45. The van der Waals surface area contributed by atoms with Gasteiger partial charge in [-0.3, -0.25) is 9.69 Å². The third-order valence-corrected chi connectivity index (χ3v) is 5.91. The summed E-state index contributed by atoms with van der Waals surface area (Å²) in [6, 6.07) is 15.7. The van der Waals surface area contributed by atoms with Crippen molar-refractivity contribution in [2.45, 2.75) is 19.9 Å². The fourth-order valence-electron chi connectivity index (χ4n) is 3.52. The van der Waals surface area contributed by atoms with Gasteiger partial charge in [-0.1, -0.05) is 50.9 Å². The van der Waals surface area contributed by atoms with Gasteiger partial charge in [-0.05, 0) is 31.2 Å². The standard InChI is InChI=1S/C23H26BrN5O2/c1-17-2-4-18(5-3-17)23-26-22(31-27-23)16-29-14-12-28(13-15-29)11-10-21(30)25-20-8-6-19(24)7-9-20/h2-9H,10-16H2,1H3,(H,25,30). The minimum absolute atomic E-state index is 0.0410. The monoisotopic (exact) mass is 483 g/mol. The molecule has 1 aromatic heterocycles. The van der Waals surface area contributed by atoms with Crippen molar-refractivity contribution in [3.63, 3.8) is 0 Å². The zero-order valence-electron chi connectivity index (χ0n) is 17.6. The molecule has 162 valence electrons. The van der Waals surface area contributed by atoms with Crippen molar-refractivity contribution in [3.05, 3.63) is 64.5 Å². The average molecular weight is 484 g/mol. The number of nitrogens with one attached hydrogen (secondary N) is 1. The Balaban J connectivity index is 1.19. The Hall–Kier alpha value is -2.55. The third kappa shape index (κ3) is 6.22. The van der Waals surface area contributed by atoms with Gasteiger partial charge in [0.15, 0.2) is 0 Å². The van der Waals surface area contributed by atoms with Gasteiger partial charge in [0.05, 0.1) is 6.54 Å². The Labute approximate surface area is 190 Å². The van der Waals surface area contributed by atoms with E-state index < -0.39 is 0 Å². The van der Waals surface area contributed by atoms with Gasteiger partial charge in [-0.25, -0.2) is 0 Å². The Kier molecular flexibility index (Phi) is 7.11. The van der Waals surface area contributed by atoms with Crippen LogP contribution < -0.4 is 5.32 Å². The first-order valence-corrected chi connectivity index (χ1v) is 11.2. The molecule has 8 heteroatoms. The molecule has 0 bridgehead atoms. The number of carbonyl (C=O) groups excluding carboxylic acids is 1. The lowest BCUT2D eigenvalue weighted by atomic mass is 10.1. The van der Waals surface area contributed by atoms with Gasteiger partial charge >= 0.3 is 0 Å². The van der Waals surface area contributed by atoms with Crippen LogP contribution in [0.1, 0.15) is 17.9 Å². The number of aromatic nitrogens is 2. The van der Waals surface area contributed by atoms with Gasteiger partial charge in [0.1, 0.15) is 0 Å². The van der Waals surface area contributed by atoms with Crippen LogP contribution in [-0.2, 0) is 11.3 Å². The smallest absolute Gasteiger partial charge is 0.241 e. The van der Waals surface area contributed by atoms with Crippen molar-refractivity contribution >= 4 is 27.5 Å². The second kappa shape index (κ2) is 10.2. The summed E-state index contributed by atoms with van der Waals surface area (Å²) in [6.45, 7) is 7.13. The van der Waals surface area contributed by atoms with Gasteiger partial charge < -0.3 is 14.7 Å². The normalized spacial score (nSPS) is 15.2. The predicted molar refractivity (Wildman–Crippen MR) is 124 cm³/mol. The van der Waals surface area contributed by atoms with Crippen LogP contribution in [0.15, 0.2) is 57.5 Å². The highest BCUT2D eigenvalue weighted by Gasteiger charge is 2.20. The lowest BCUT2D eigenvalue weighted by molar-refractivity contribution is -0.116. The zero-order valence-corrected chi connectivity index (χ0v) is 19.1. The maximum Gasteiger partial charge on any atom is 0.241 e. The second-order valence-corrected chi connectivity index (χ2v) is 8.72. The lowest BCUT2D eigenvalue weighted by Gasteiger charge is -2.33. The summed E-state index contributed by atoms with van der Waals surface area (Å²) in [4.78, 5) is 21.4. The maximum atomic E-state index is 12.2. The molecule has 1 amide bonds. The van der Waals surface area contributed by atoms with E-state index in [0.717, 1.165) is 48.4 Å². The number of aryl methyl sites for hydroxylation is 1. The van der Waals surface area contributed by atoms with Gasteiger partial charge in [0.2, 0.25) is 17.6 Å². The first kappa shape index (κ1) is 21.7. The molecule has 1 aliphatic heterocycles. The van der Waals surface area contributed by atoms with Gasteiger partial charge in [-0.15, -0.1) is 0 Å². The molecule has 0 spiro atoms. The molecule has 0 saturated carbocycles. The molecule has 0 aliphatic carbocycles. The largest absolute Gasteiger partial charge is 0.338 e. The quantitative estimate of drug-likeness (QED) is 0.548. The topological polar surface area (TPSA) is 74.5 Å². The number of hydrogen-bond acceptors (Lipinski definition) is 6. The van der Waals surface area contributed by atoms with Crippen LogP contribution in [0.4, 0.5) is 5.69 Å². The summed E-state index contributed by atoms with van der Waals surface area (Å²) in [6.07, 6.45) is 0.486. The summed E-state index contributed by atoms with van der Waals surface area (Å²) in [5.74, 6) is 1.31. The van der Waals surface area contributed by atoms with Crippen molar-refractivity contribution < 1.29 is 9.32 Å². The number of rotatable bonds is 7. The SMILES string of the molecule is Cc1ccc(-c2noc(CN3CCN(CCC(=O)Nc4ccc(Br)cc4)CC3)n2)cc1. The van der Waals surface area contributed by atoms with Gasteiger partial charge in [0.25, 0.3) is 0 Å². The summed E-state index contributed by atoms with van der Waals surface area (Å²) in [7, 11) is 0. The van der Waals surface area contributed by atoms with Crippen molar-refractivity contribution in [2.24, 2.45) is 0 Å². The zero-order chi connectivity index (χ0) is 21.6. The van der Waals surface area contributed by atoms with Crippen LogP contribution >= 0.6 is 15.9 Å². The van der Waals surface area contributed by atoms with Crippen molar-refractivity contribution in [3.8, 4) is 11.4 Å². The van der Waals surface area contributed by atoms with E-state index in [-0.39, 0.29) is 5.91 Å². The lowest BCUT2D eigenvalue weighted by Crippen LogP contribution is -2.46. The molecule has 0 radical (unpaired) electrons. The molecule has 2 aromatic carbocycles. The Morgan fingerprint density at radius 3 is 2.42 bits per heavy atom. The fourth-order valence-corrected chi connectivity index (χ4v) is 3.78. The highest BCUT2D eigenvalue weighted by atomic mass is 79.9. The number of amides is 1. The third-order valence-electron chi connectivity index (χ3n) is 5.38. The van der Waals surface area contributed by atoms with Crippen LogP contribution in [-0.4, -0.2) is 58.6 Å². The molecule has 7 nitrogen and oxygen atoms in total. The van der Waals surface area contributed by atoms with Crippen molar-refractivity contribution in [1.82, 2.24) is 19.9 Å². The fraction of sp³-hybridized carbons (Fsp3) is 0.348. The molecule has 3 aromatic rings. The number of anilines is 1. The van der Waals surface area contributed by atoms with E-state index in [9.17, 15) is 4.79 Å². The number of piperazine rings is 1. The van der Waals surface area contributed by atoms with Crippen molar-refractivity contribution in [2.75, 3.05) is 38.0 Å². The molecule has 31 heavy (non-hydrogen) atoms. The summed E-state index contributed by atoms with van der Waals surface area (Å²) >= 11 is 3.40. The minimum Gasteiger partial charge on any atom is -0.338 e. The minimum atomic E-state index is 0.0410. The van der Waals surface area contributed by atoms with E-state index in [1.165, 1.54) is 5.56 Å². The highest BCUT2D eigenvalue weighted by molar-refractivity contribution is 9.10. The Morgan fingerprint density at radius 2 is 1.71 bits per heavy atom. The summed E-state index contributed by atoms with van der Waals surface area (Å²) in [5, 5.41) is 7.06. The highest BCUT2D eigenvalue weighted by Crippen LogP contribution is 2.18. The molecule has 0 unspecified atom stereocenters. The second-order valence-electron chi connectivity index (χ2n) is 7.80. The van der Waals surface area contributed by atoms with Crippen LogP contribution in [0.3, 0.4) is 0 Å². The maximum absolute atomic E-state index is 12.2. The molecule has 2 heterocycles. The van der Waals surface area contributed by atoms with E-state index in [1.807, 2.05) is 48.5 Å². The van der Waals surface area contributed by atoms with E-state index in [1.54, 1.807) is 0 Å². The van der Waals surface area contributed by atoms with Crippen LogP contribution in [0.25, 0.3) is 11.4 Å². The van der Waals surface area contributed by atoms with Gasteiger partial charge in [0, 0.05) is 54.9 Å². The van der Waals surface area contributed by atoms with E-state index in [4.69, 9.17) is 4.52 Å². The number of nitrogens with zero attached hydrogens (tertiary/aromatic N) is 4. The molecule has 1 saturated heterocycles. The first-order valence-electron chi connectivity index (χ1n) is 10.4. The van der Waals surface area contributed by atoms with E-state index >= 15 is 0 Å². The molecule has 1 fully saturated rings. The Morgan fingerprint density at radius 1 is 1.03 bits per heavy atom. The first-order chi connectivity index (χ1) is 15.0. The predicted octanol–water partition coefficient (Wildman–Crippen LogP) is 3.95. The molecule has 0 atom stereocenters. The van der Waals surface area contributed by atoms with Gasteiger partial charge in [-0.2, -0.15) is 4.98 Å². The molecule has 4 rings (SSSR count). The number of halogens is 1. The number of carbonyl (C=O) groups is 1. The molecule has 1 aliphatic rings. The van der Waals surface area contributed by atoms with Crippen molar-refractivity contribution in [1.29, 1.82) is 0 Å². The average Bonchev–Trinajstić information content (AvgIpc) is 3.24. The molecule has 1 N–H and O–H groups in total. The van der Waals surface area contributed by atoms with E-state index in [2.05, 4.69) is 48.1 Å². The van der Waals surface area contributed by atoms with Crippen LogP contribution in [0.2, 0.25) is 0 Å². The number of benzene rings is 2. The summed E-state index contributed by atoms with van der Waals surface area (Å²) in [5.41, 5.74) is 2.99. The van der Waals surface area contributed by atoms with Crippen LogP contribution in [0, 0.1) is 6.92 Å². The van der Waals surface area contributed by atoms with Crippen LogP contribution in [0.5, 0.6) is 0 Å².